The predicted molar refractivity (Wildman–Crippen MR) is 110 cm³/mol. The number of carbonyl (C=O) groups excluding carboxylic acids is 1. The molecule has 0 saturated heterocycles. The van der Waals surface area contributed by atoms with Crippen molar-refractivity contribution in [2.24, 2.45) is 0 Å². The van der Waals surface area contributed by atoms with Crippen molar-refractivity contribution in [1.29, 1.82) is 0 Å². The first-order valence-corrected chi connectivity index (χ1v) is 9.17. The molecule has 0 aliphatic rings. The zero-order valence-electron chi connectivity index (χ0n) is 15.5. The van der Waals surface area contributed by atoms with Gasteiger partial charge in [-0.15, -0.1) is 0 Å². The molecule has 0 spiro atoms. The van der Waals surface area contributed by atoms with E-state index < -0.39 is 0 Å². The zero-order valence-corrected chi connectivity index (χ0v) is 16.3. The Labute approximate surface area is 160 Å². The van der Waals surface area contributed by atoms with Crippen LogP contribution in [-0.2, 0) is 4.79 Å². The van der Waals surface area contributed by atoms with Crippen molar-refractivity contribution in [3.8, 4) is 5.75 Å². The largest absolute Gasteiger partial charge is 0.495 e. The van der Waals surface area contributed by atoms with Crippen molar-refractivity contribution in [2.45, 2.75) is 20.3 Å². The lowest BCUT2D eigenvalue weighted by Crippen LogP contribution is -2.21. The van der Waals surface area contributed by atoms with E-state index in [1.807, 2.05) is 12.1 Å². The summed E-state index contributed by atoms with van der Waals surface area (Å²) in [6, 6.07) is 13.4. The minimum Gasteiger partial charge on any atom is -0.495 e. The number of ether oxygens (including phenoxy) is 1. The molecule has 0 heterocycles. The van der Waals surface area contributed by atoms with Crippen molar-refractivity contribution in [3.63, 3.8) is 0 Å². The Hall–Kier alpha value is -2.40. The Kier molecular flexibility index (Phi) is 7.60. The molecule has 0 aliphatic carbocycles. The summed E-state index contributed by atoms with van der Waals surface area (Å²) in [5, 5.41) is 6.65. The van der Waals surface area contributed by atoms with E-state index >= 15 is 0 Å². The summed E-state index contributed by atoms with van der Waals surface area (Å²) in [6.45, 7) is 6.79. The van der Waals surface area contributed by atoms with Crippen molar-refractivity contribution in [2.75, 3.05) is 42.3 Å². The van der Waals surface area contributed by atoms with Crippen LogP contribution in [0.3, 0.4) is 0 Å². The minimum atomic E-state index is -0.0992. The summed E-state index contributed by atoms with van der Waals surface area (Å²) < 4.78 is 5.23. The standard InChI is InChI=1S/C20H26ClN3O2/c1-4-24(5-2)17-9-7-16(8-10-17)22-13-12-20(25)23-18-14-15(21)6-11-19(18)26-3/h6-11,14,22H,4-5,12-13H2,1-3H3,(H,23,25). The van der Waals surface area contributed by atoms with Gasteiger partial charge < -0.3 is 20.3 Å². The first-order valence-electron chi connectivity index (χ1n) is 8.79. The van der Waals surface area contributed by atoms with Crippen LogP contribution in [0.5, 0.6) is 5.75 Å². The van der Waals surface area contributed by atoms with E-state index in [4.69, 9.17) is 16.3 Å². The molecule has 2 aromatic carbocycles. The van der Waals surface area contributed by atoms with Gasteiger partial charge in [0.05, 0.1) is 12.8 Å². The van der Waals surface area contributed by atoms with Crippen molar-refractivity contribution in [3.05, 3.63) is 47.5 Å². The second-order valence-corrected chi connectivity index (χ2v) is 6.23. The summed E-state index contributed by atoms with van der Waals surface area (Å²) in [6.07, 6.45) is 0.341. The molecule has 6 heteroatoms. The molecule has 0 bridgehead atoms. The fourth-order valence-corrected chi connectivity index (χ4v) is 2.86. The first-order chi connectivity index (χ1) is 12.6. The van der Waals surface area contributed by atoms with Crippen LogP contribution in [0, 0.1) is 0 Å². The molecule has 0 saturated carbocycles. The van der Waals surface area contributed by atoms with E-state index in [9.17, 15) is 4.79 Å². The van der Waals surface area contributed by atoms with Crippen LogP contribution >= 0.6 is 11.6 Å². The fraction of sp³-hybridized carbons (Fsp3) is 0.350. The van der Waals surface area contributed by atoms with Crippen LogP contribution in [0.4, 0.5) is 17.1 Å². The van der Waals surface area contributed by atoms with Crippen LogP contribution in [0.1, 0.15) is 20.3 Å². The quantitative estimate of drug-likeness (QED) is 0.670. The number of anilines is 3. The highest BCUT2D eigenvalue weighted by Crippen LogP contribution is 2.27. The molecule has 0 unspecified atom stereocenters. The summed E-state index contributed by atoms with van der Waals surface area (Å²) in [5.74, 6) is 0.487. The second-order valence-electron chi connectivity index (χ2n) is 5.79. The second kappa shape index (κ2) is 9.92. The van der Waals surface area contributed by atoms with Gasteiger partial charge >= 0.3 is 0 Å². The van der Waals surface area contributed by atoms with Gasteiger partial charge in [0.15, 0.2) is 0 Å². The number of nitrogens with one attached hydrogen (secondary N) is 2. The lowest BCUT2D eigenvalue weighted by molar-refractivity contribution is -0.116. The maximum Gasteiger partial charge on any atom is 0.226 e. The number of hydrogen-bond donors (Lipinski definition) is 2. The van der Waals surface area contributed by atoms with Crippen LogP contribution in [0.25, 0.3) is 0 Å². The molecular weight excluding hydrogens is 350 g/mol. The fourth-order valence-electron chi connectivity index (χ4n) is 2.69. The number of amides is 1. The molecule has 0 radical (unpaired) electrons. The van der Waals surface area contributed by atoms with Crippen molar-refractivity contribution in [1.82, 2.24) is 0 Å². The molecular formula is C20H26ClN3O2. The number of halogens is 1. The molecule has 0 aliphatic heterocycles. The number of nitrogens with zero attached hydrogens (tertiary/aromatic N) is 1. The first kappa shape index (κ1) is 19.9. The molecule has 0 aromatic heterocycles. The lowest BCUT2D eigenvalue weighted by atomic mass is 10.2. The number of benzene rings is 2. The summed E-state index contributed by atoms with van der Waals surface area (Å²) in [4.78, 5) is 14.4. The van der Waals surface area contributed by atoms with Gasteiger partial charge in [0.1, 0.15) is 5.75 Å². The molecule has 0 atom stereocenters. The summed E-state index contributed by atoms with van der Waals surface area (Å²) >= 11 is 5.97. The number of rotatable bonds is 9. The summed E-state index contributed by atoms with van der Waals surface area (Å²) in [7, 11) is 1.56. The maximum atomic E-state index is 12.1. The van der Waals surface area contributed by atoms with Crippen LogP contribution in [-0.4, -0.2) is 32.7 Å². The van der Waals surface area contributed by atoms with Crippen LogP contribution in [0.2, 0.25) is 5.02 Å². The van der Waals surface area contributed by atoms with Gasteiger partial charge in [0, 0.05) is 42.5 Å². The molecule has 1 amide bonds. The van der Waals surface area contributed by atoms with Crippen molar-refractivity contribution < 1.29 is 9.53 Å². The van der Waals surface area contributed by atoms with Gasteiger partial charge in [0.2, 0.25) is 5.91 Å². The predicted octanol–water partition coefficient (Wildman–Crippen LogP) is 4.64. The van der Waals surface area contributed by atoms with E-state index in [1.165, 1.54) is 5.69 Å². The van der Waals surface area contributed by atoms with Gasteiger partial charge in [-0.05, 0) is 56.3 Å². The monoisotopic (exact) mass is 375 g/mol. The maximum absolute atomic E-state index is 12.1. The van der Waals surface area contributed by atoms with E-state index in [0.29, 0.717) is 29.4 Å². The van der Waals surface area contributed by atoms with E-state index in [1.54, 1.807) is 25.3 Å². The molecule has 0 fully saturated rings. The van der Waals surface area contributed by atoms with Crippen LogP contribution < -0.4 is 20.3 Å². The smallest absolute Gasteiger partial charge is 0.226 e. The van der Waals surface area contributed by atoms with Crippen LogP contribution in [0.15, 0.2) is 42.5 Å². The average Bonchev–Trinajstić information content (AvgIpc) is 2.64. The Morgan fingerprint density at radius 2 is 1.81 bits per heavy atom. The zero-order chi connectivity index (χ0) is 18.9. The third-order valence-corrected chi connectivity index (χ3v) is 4.35. The molecule has 5 nitrogen and oxygen atoms in total. The van der Waals surface area contributed by atoms with E-state index in [-0.39, 0.29) is 5.91 Å². The number of methoxy groups -OCH3 is 1. The van der Waals surface area contributed by atoms with Gasteiger partial charge in [-0.3, -0.25) is 4.79 Å². The third-order valence-electron chi connectivity index (χ3n) is 4.11. The van der Waals surface area contributed by atoms with Gasteiger partial charge in [-0.25, -0.2) is 0 Å². The minimum absolute atomic E-state index is 0.0992. The topological polar surface area (TPSA) is 53.6 Å². The number of hydrogen-bond acceptors (Lipinski definition) is 4. The molecule has 140 valence electrons. The van der Waals surface area contributed by atoms with Crippen molar-refractivity contribution >= 4 is 34.6 Å². The Bertz CT molecular complexity index is 715. The third kappa shape index (κ3) is 5.56. The van der Waals surface area contributed by atoms with Gasteiger partial charge in [-0.1, -0.05) is 11.6 Å². The lowest BCUT2D eigenvalue weighted by Gasteiger charge is -2.21. The average molecular weight is 376 g/mol. The highest BCUT2D eigenvalue weighted by Gasteiger charge is 2.08. The van der Waals surface area contributed by atoms with Gasteiger partial charge in [-0.2, -0.15) is 0 Å². The Morgan fingerprint density at radius 1 is 1.12 bits per heavy atom. The highest BCUT2D eigenvalue weighted by molar-refractivity contribution is 6.31. The SMILES string of the molecule is CCN(CC)c1ccc(NCCC(=O)Nc2cc(Cl)ccc2OC)cc1. The normalized spacial score (nSPS) is 10.3. The molecule has 26 heavy (non-hydrogen) atoms. The van der Waals surface area contributed by atoms with Gasteiger partial charge in [0.25, 0.3) is 0 Å². The molecule has 2 aromatic rings. The Balaban J connectivity index is 1.84. The van der Waals surface area contributed by atoms with E-state index in [2.05, 4.69) is 41.5 Å². The molecule has 2 rings (SSSR count). The van der Waals surface area contributed by atoms with E-state index in [0.717, 1.165) is 18.8 Å². The summed E-state index contributed by atoms with van der Waals surface area (Å²) in [5.41, 5.74) is 2.77. The Morgan fingerprint density at radius 3 is 2.42 bits per heavy atom. The highest BCUT2D eigenvalue weighted by atomic mass is 35.5. The molecule has 2 N–H and O–H groups in total. The number of carbonyl (C=O) groups is 1.